The Bertz CT molecular complexity index is 1090. The van der Waals surface area contributed by atoms with Gasteiger partial charge in [-0.15, -0.1) is 0 Å². The maximum atomic E-state index is 13.6. The highest BCUT2D eigenvalue weighted by Crippen LogP contribution is 2.42. The van der Waals surface area contributed by atoms with E-state index in [0.29, 0.717) is 18.2 Å². The van der Waals surface area contributed by atoms with E-state index in [-0.39, 0.29) is 23.7 Å². The molecule has 164 valence electrons. The van der Waals surface area contributed by atoms with Crippen molar-refractivity contribution in [1.29, 1.82) is 0 Å². The van der Waals surface area contributed by atoms with Gasteiger partial charge in [0.15, 0.2) is 0 Å². The van der Waals surface area contributed by atoms with Crippen molar-refractivity contribution in [2.24, 2.45) is 5.92 Å². The first-order chi connectivity index (χ1) is 15.6. The van der Waals surface area contributed by atoms with Crippen molar-refractivity contribution < 1.29 is 9.18 Å². The second-order valence-corrected chi connectivity index (χ2v) is 9.07. The van der Waals surface area contributed by atoms with Crippen LogP contribution in [-0.2, 0) is 6.54 Å². The number of nitrogens with zero attached hydrogens (tertiary/aromatic N) is 3. The Morgan fingerprint density at radius 2 is 1.91 bits per heavy atom. The number of carbonyl (C=O) groups excluding carboxylic acids is 1. The first-order valence-electron chi connectivity index (χ1n) is 11.3. The first-order valence-corrected chi connectivity index (χ1v) is 11.3. The Morgan fingerprint density at radius 3 is 2.66 bits per heavy atom. The molecule has 2 aliphatic heterocycles. The van der Waals surface area contributed by atoms with Gasteiger partial charge in [-0.05, 0) is 48.7 Å². The molecule has 2 saturated heterocycles. The third kappa shape index (κ3) is 4.17. The average Bonchev–Trinajstić information content (AvgIpc) is 3.18. The number of aryl methyl sites for hydroxylation is 1. The third-order valence-corrected chi connectivity index (χ3v) is 6.95. The molecule has 1 aromatic heterocycles. The molecular weight excluding hydrogens is 401 g/mol. The minimum atomic E-state index is -0.227. The lowest BCUT2D eigenvalue weighted by atomic mass is 9.81. The molecule has 3 aromatic rings. The molecule has 3 atom stereocenters. The van der Waals surface area contributed by atoms with Crippen LogP contribution in [0.2, 0.25) is 0 Å². The fraction of sp³-hybridized carbons (Fsp3) is 0.333. The number of hydrogen-bond donors (Lipinski definition) is 0. The molecule has 32 heavy (non-hydrogen) atoms. The van der Waals surface area contributed by atoms with Crippen molar-refractivity contribution in [3.05, 3.63) is 101 Å². The van der Waals surface area contributed by atoms with Crippen LogP contribution in [0, 0.1) is 18.7 Å². The van der Waals surface area contributed by atoms with Gasteiger partial charge in [0.05, 0.1) is 0 Å². The molecule has 1 amide bonds. The highest BCUT2D eigenvalue weighted by atomic mass is 19.1. The maximum Gasteiger partial charge on any atom is 0.272 e. The predicted octanol–water partition coefficient (Wildman–Crippen LogP) is 4.66. The molecule has 2 aliphatic rings. The largest absolute Gasteiger partial charge is 0.333 e. The number of rotatable bonds is 4. The van der Waals surface area contributed by atoms with Crippen molar-refractivity contribution in [1.82, 2.24) is 14.8 Å². The van der Waals surface area contributed by atoms with E-state index < -0.39 is 0 Å². The second kappa shape index (κ2) is 8.83. The van der Waals surface area contributed by atoms with Crippen LogP contribution in [0.1, 0.15) is 39.5 Å². The Kier molecular flexibility index (Phi) is 5.75. The van der Waals surface area contributed by atoms with E-state index in [1.165, 1.54) is 23.3 Å². The van der Waals surface area contributed by atoms with Crippen LogP contribution in [0.3, 0.4) is 0 Å². The van der Waals surface area contributed by atoms with E-state index in [1.54, 1.807) is 12.3 Å². The Balaban J connectivity index is 1.41. The van der Waals surface area contributed by atoms with E-state index in [1.807, 2.05) is 29.2 Å². The fourth-order valence-electron chi connectivity index (χ4n) is 5.45. The zero-order valence-electron chi connectivity index (χ0n) is 18.3. The summed E-state index contributed by atoms with van der Waals surface area (Å²) in [6.07, 6.45) is 2.61. The lowest BCUT2D eigenvalue weighted by Gasteiger charge is -2.39. The van der Waals surface area contributed by atoms with Gasteiger partial charge >= 0.3 is 0 Å². The van der Waals surface area contributed by atoms with Crippen LogP contribution in [0.25, 0.3) is 0 Å². The summed E-state index contributed by atoms with van der Waals surface area (Å²) in [5, 5.41) is 0. The van der Waals surface area contributed by atoms with E-state index in [0.717, 1.165) is 31.6 Å². The summed E-state index contributed by atoms with van der Waals surface area (Å²) in [4.78, 5) is 22.2. The SMILES string of the molecule is Cc1cccc(CN2CC[C@@H]3[C@H](C2)[C@@H](c2ccc(F)cc2)CN3C(=O)c2ccccn2)c1. The molecule has 2 aromatic carbocycles. The van der Waals surface area contributed by atoms with Gasteiger partial charge in [-0.1, -0.05) is 48.0 Å². The van der Waals surface area contributed by atoms with Crippen LogP contribution >= 0.6 is 0 Å². The lowest BCUT2D eigenvalue weighted by molar-refractivity contribution is 0.0608. The average molecular weight is 430 g/mol. The summed E-state index contributed by atoms with van der Waals surface area (Å²) >= 11 is 0. The molecule has 5 heteroatoms. The summed E-state index contributed by atoms with van der Waals surface area (Å²) in [7, 11) is 0. The van der Waals surface area contributed by atoms with Crippen molar-refractivity contribution in [2.75, 3.05) is 19.6 Å². The Labute approximate surface area is 188 Å². The Morgan fingerprint density at radius 1 is 1.06 bits per heavy atom. The van der Waals surface area contributed by atoms with Crippen molar-refractivity contribution in [2.45, 2.75) is 31.8 Å². The van der Waals surface area contributed by atoms with Gasteiger partial charge in [-0.2, -0.15) is 0 Å². The molecule has 0 aliphatic carbocycles. The van der Waals surface area contributed by atoms with E-state index >= 15 is 0 Å². The highest BCUT2D eigenvalue weighted by molar-refractivity contribution is 5.92. The molecule has 0 bridgehead atoms. The van der Waals surface area contributed by atoms with Gasteiger partial charge in [-0.3, -0.25) is 14.7 Å². The van der Waals surface area contributed by atoms with Crippen LogP contribution in [0.4, 0.5) is 4.39 Å². The number of benzene rings is 2. The van der Waals surface area contributed by atoms with Gasteiger partial charge in [-0.25, -0.2) is 4.39 Å². The molecule has 0 N–H and O–H groups in total. The fourth-order valence-corrected chi connectivity index (χ4v) is 5.45. The van der Waals surface area contributed by atoms with E-state index in [2.05, 4.69) is 41.1 Å². The molecule has 0 saturated carbocycles. The van der Waals surface area contributed by atoms with Gasteiger partial charge < -0.3 is 4.90 Å². The lowest BCUT2D eigenvalue weighted by Crippen LogP contribution is -2.47. The van der Waals surface area contributed by atoms with Crippen molar-refractivity contribution >= 4 is 5.91 Å². The van der Waals surface area contributed by atoms with Crippen LogP contribution in [0.15, 0.2) is 72.9 Å². The minimum absolute atomic E-state index is 0.00246. The summed E-state index contributed by atoms with van der Waals surface area (Å²) in [6, 6.07) is 21.1. The number of piperidine rings is 1. The molecule has 0 spiro atoms. The zero-order valence-corrected chi connectivity index (χ0v) is 18.3. The Hall–Kier alpha value is -3.05. The zero-order chi connectivity index (χ0) is 22.1. The van der Waals surface area contributed by atoms with Gasteiger partial charge in [0.1, 0.15) is 11.5 Å². The first kappa shape index (κ1) is 20.8. The maximum absolute atomic E-state index is 13.6. The smallest absolute Gasteiger partial charge is 0.272 e. The molecular formula is C27H28FN3O. The molecule has 0 radical (unpaired) electrons. The number of amides is 1. The molecule has 2 fully saturated rings. The predicted molar refractivity (Wildman–Crippen MR) is 123 cm³/mol. The topological polar surface area (TPSA) is 36.4 Å². The summed E-state index contributed by atoms with van der Waals surface area (Å²) < 4.78 is 13.6. The molecule has 5 rings (SSSR count). The number of likely N-dealkylation sites (tertiary alicyclic amines) is 2. The van der Waals surface area contributed by atoms with Crippen LogP contribution in [-0.4, -0.2) is 46.4 Å². The molecule has 3 heterocycles. The minimum Gasteiger partial charge on any atom is -0.333 e. The second-order valence-electron chi connectivity index (χ2n) is 9.07. The molecule has 4 nitrogen and oxygen atoms in total. The number of aromatic nitrogens is 1. The number of carbonyl (C=O) groups is 1. The van der Waals surface area contributed by atoms with Crippen molar-refractivity contribution in [3.8, 4) is 0 Å². The van der Waals surface area contributed by atoms with Crippen molar-refractivity contribution in [3.63, 3.8) is 0 Å². The third-order valence-electron chi connectivity index (χ3n) is 6.95. The monoisotopic (exact) mass is 429 g/mol. The number of halogens is 1. The number of pyridine rings is 1. The van der Waals surface area contributed by atoms with Gasteiger partial charge in [0.25, 0.3) is 5.91 Å². The van der Waals surface area contributed by atoms with Gasteiger partial charge in [0.2, 0.25) is 0 Å². The normalized spacial score (nSPS) is 23.2. The highest BCUT2D eigenvalue weighted by Gasteiger charge is 2.47. The standard InChI is InChI=1S/C27H28FN3O/c1-19-5-4-6-20(15-19)16-30-14-12-26-24(17-30)23(21-8-10-22(28)11-9-21)18-31(26)27(32)25-7-2-3-13-29-25/h2-11,13,15,23-24,26H,12,14,16-18H2,1H3/t23-,24-,26-/m1/s1. The number of fused-ring (bicyclic) bond motifs is 1. The molecule has 0 unspecified atom stereocenters. The van der Waals surface area contributed by atoms with Gasteiger partial charge in [0, 0.05) is 50.3 Å². The quantitative estimate of drug-likeness (QED) is 0.605. The van der Waals surface area contributed by atoms with E-state index in [4.69, 9.17) is 0 Å². The van der Waals surface area contributed by atoms with Crippen LogP contribution in [0.5, 0.6) is 0 Å². The summed E-state index contributed by atoms with van der Waals surface area (Å²) in [5.41, 5.74) is 4.19. The summed E-state index contributed by atoms with van der Waals surface area (Å²) in [5.74, 6) is 0.270. The van der Waals surface area contributed by atoms with Crippen LogP contribution < -0.4 is 0 Å². The summed E-state index contributed by atoms with van der Waals surface area (Å²) in [6.45, 7) is 5.56. The number of hydrogen-bond acceptors (Lipinski definition) is 3. The van der Waals surface area contributed by atoms with E-state index in [9.17, 15) is 9.18 Å².